The Morgan fingerprint density at radius 2 is 2.05 bits per heavy atom. The van der Waals surface area contributed by atoms with Crippen LogP contribution in [0.1, 0.15) is 40.0 Å². The van der Waals surface area contributed by atoms with Crippen molar-refractivity contribution in [3.8, 4) is 0 Å². The van der Waals surface area contributed by atoms with E-state index < -0.39 is 5.60 Å². The van der Waals surface area contributed by atoms with E-state index in [1.54, 1.807) is 0 Å². The minimum absolute atomic E-state index is 0.0445. The lowest BCUT2D eigenvalue weighted by Gasteiger charge is -2.53. The Balaban J connectivity index is 1.98. The molecule has 1 aliphatic heterocycles. The Kier molecular flexibility index (Phi) is 2.95. The van der Waals surface area contributed by atoms with Gasteiger partial charge in [0.05, 0.1) is 17.6 Å². The van der Waals surface area contributed by atoms with Crippen LogP contribution in [0.3, 0.4) is 0 Å². The fourth-order valence-electron chi connectivity index (χ4n) is 4.81. The molecule has 8 atom stereocenters. The van der Waals surface area contributed by atoms with Gasteiger partial charge < -0.3 is 14.9 Å². The molecule has 1 saturated heterocycles. The van der Waals surface area contributed by atoms with Crippen molar-refractivity contribution in [2.75, 3.05) is 0 Å². The highest BCUT2D eigenvalue weighted by molar-refractivity contribution is 5.75. The number of carbonyl (C=O) groups is 1. The van der Waals surface area contributed by atoms with Crippen molar-refractivity contribution in [1.82, 2.24) is 0 Å². The molecular formula is C15H24O4. The average Bonchev–Trinajstić information content (AvgIpc) is 2.60. The second-order valence-electron chi connectivity index (χ2n) is 7.13. The monoisotopic (exact) mass is 268 g/mol. The molecule has 2 aliphatic carbocycles. The fourth-order valence-corrected chi connectivity index (χ4v) is 4.81. The Morgan fingerprint density at radius 3 is 2.74 bits per heavy atom. The van der Waals surface area contributed by atoms with Crippen LogP contribution in [0, 0.1) is 29.6 Å². The molecule has 2 saturated carbocycles. The van der Waals surface area contributed by atoms with Crippen molar-refractivity contribution in [3.63, 3.8) is 0 Å². The molecule has 0 aromatic rings. The third-order valence-electron chi connectivity index (χ3n) is 5.87. The maximum atomic E-state index is 11.8. The van der Waals surface area contributed by atoms with Crippen LogP contribution in [-0.4, -0.2) is 34.0 Å². The quantitative estimate of drug-likeness (QED) is 0.651. The van der Waals surface area contributed by atoms with E-state index in [9.17, 15) is 15.0 Å². The van der Waals surface area contributed by atoms with Crippen LogP contribution >= 0.6 is 0 Å². The van der Waals surface area contributed by atoms with E-state index in [-0.39, 0.29) is 41.8 Å². The van der Waals surface area contributed by atoms with Gasteiger partial charge in [0.15, 0.2) is 0 Å². The molecular weight excluding hydrogens is 244 g/mol. The van der Waals surface area contributed by atoms with Crippen LogP contribution < -0.4 is 0 Å². The van der Waals surface area contributed by atoms with E-state index in [1.165, 1.54) is 0 Å². The first-order chi connectivity index (χ1) is 8.83. The largest absolute Gasteiger partial charge is 0.461 e. The maximum Gasteiger partial charge on any atom is 0.309 e. The van der Waals surface area contributed by atoms with Crippen LogP contribution in [0.5, 0.6) is 0 Å². The molecule has 3 fully saturated rings. The highest BCUT2D eigenvalue weighted by atomic mass is 16.6. The SMILES string of the molecule is CC1CC2C(C)C(=O)OC2C2C1C(O)CCC2(C)O. The van der Waals surface area contributed by atoms with Gasteiger partial charge in [0.1, 0.15) is 6.10 Å². The zero-order chi connectivity index (χ0) is 13.9. The van der Waals surface area contributed by atoms with Crippen molar-refractivity contribution in [2.24, 2.45) is 29.6 Å². The summed E-state index contributed by atoms with van der Waals surface area (Å²) in [6, 6.07) is 0. The van der Waals surface area contributed by atoms with Crippen LogP contribution in [0.4, 0.5) is 0 Å². The molecule has 3 aliphatic rings. The van der Waals surface area contributed by atoms with Crippen LogP contribution in [-0.2, 0) is 9.53 Å². The van der Waals surface area contributed by atoms with Crippen molar-refractivity contribution in [2.45, 2.75) is 57.8 Å². The molecule has 19 heavy (non-hydrogen) atoms. The van der Waals surface area contributed by atoms with Crippen molar-refractivity contribution in [1.29, 1.82) is 0 Å². The molecule has 3 rings (SSSR count). The average molecular weight is 268 g/mol. The summed E-state index contributed by atoms with van der Waals surface area (Å²) in [6.45, 7) is 5.89. The highest BCUT2D eigenvalue weighted by Crippen LogP contribution is 2.54. The Labute approximate surface area is 114 Å². The van der Waals surface area contributed by atoms with Crippen LogP contribution in [0.2, 0.25) is 0 Å². The topological polar surface area (TPSA) is 66.8 Å². The molecule has 0 aromatic heterocycles. The molecule has 0 spiro atoms. The lowest BCUT2D eigenvalue weighted by atomic mass is 9.55. The molecule has 0 bridgehead atoms. The predicted octanol–water partition coefficient (Wildman–Crippen LogP) is 1.34. The number of hydrogen-bond acceptors (Lipinski definition) is 4. The maximum absolute atomic E-state index is 11.8. The Bertz CT molecular complexity index is 392. The number of hydrogen-bond donors (Lipinski definition) is 2. The van der Waals surface area contributed by atoms with Gasteiger partial charge in [-0.3, -0.25) is 4.79 Å². The highest BCUT2D eigenvalue weighted by Gasteiger charge is 2.60. The van der Waals surface area contributed by atoms with E-state index >= 15 is 0 Å². The van der Waals surface area contributed by atoms with Crippen molar-refractivity contribution < 1.29 is 19.7 Å². The van der Waals surface area contributed by atoms with Gasteiger partial charge in [0.25, 0.3) is 0 Å². The molecule has 4 nitrogen and oxygen atoms in total. The Hall–Kier alpha value is -0.610. The second kappa shape index (κ2) is 4.19. The first kappa shape index (κ1) is 13.4. The van der Waals surface area contributed by atoms with Gasteiger partial charge in [-0.2, -0.15) is 0 Å². The first-order valence-corrected chi connectivity index (χ1v) is 7.44. The number of ether oxygens (including phenoxy) is 1. The van der Waals surface area contributed by atoms with Gasteiger partial charge in [-0.25, -0.2) is 0 Å². The minimum atomic E-state index is -0.841. The summed E-state index contributed by atoms with van der Waals surface area (Å²) in [5, 5.41) is 21.0. The summed E-state index contributed by atoms with van der Waals surface area (Å²) in [4.78, 5) is 11.8. The second-order valence-corrected chi connectivity index (χ2v) is 7.13. The Morgan fingerprint density at radius 1 is 1.37 bits per heavy atom. The van der Waals surface area contributed by atoms with Crippen LogP contribution in [0.25, 0.3) is 0 Å². The van der Waals surface area contributed by atoms with E-state index in [4.69, 9.17) is 4.74 Å². The summed E-state index contributed by atoms with van der Waals surface area (Å²) in [7, 11) is 0. The van der Waals surface area contributed by atoms with E-state index in [1.807, 2.05) is 13.8 Å². The fraction of sp³-hybridized carbons (Fsp3) is 0.933. The number of esters is 1. The minimum Gasteiger partial charge on any atom is -0.461 e. The van der Waals surface area contributed by atoms with Gasteiger partial charge in [0, 0.05) is 11.8 Å². The normalized spacial score (nSPS) is 57.3. The molecule has 0 amide bonds. The lowest BCUT2D eigenvalue weighted by Crippen LogP contribution is -2.59. The molecule has 4 heteroatoms. The molecule has 0 radical (unpaired) electrons. The van der Waals surface area contributed by atoms with Gasteiger partial charge >= 0.3 is 5.97 Å². The van der Waals surface area contributed by atoms with Gasteiger partial charge in [-0.1, -0.05) is 13.8 Å². The smallest absolute Gasteiger partial charge is 0.309 e. The number of aliphatic hydroxyl groups excluding tert-OH is 1. The summed E-state index contributed by atoms with van der Waals surface area (Å²) < 4.78 is 5.57. The van der Waals surface area contributed by atoms with Crippen molar-refractivity contribution >= 4 is 5.97 Å². The molecule has 108 valence electrons. The van der Waals surface area contributed by atoms with Gasteiger partial charge in [0.2, 0.25) is 0 Å². The van der Waals surface area contributed by atoms with E-state index in [0.717, 1.165) is 6.42 Å². The zero-order valence-electron chi connectivity index (χ0n) is 11.9. The van der Waals surface area contributed by atoms with E-state index in [0.29, 0.717) is 18.8 Å². The van der Waals surface area contributed by atoms with Crippen molar-refractivity contribution in [3.05, 3.63) is 0 Å². The summed E-state index contributed by atoms with van der Waals surface area (Å²) in [5.74, 6) is 0.217. The number of rotatable bonds is 0. The van der Waals surface area contributed by atoms with Gasteiger partial charge in [-0.15, -0.1) is 0 Å². The standard InChI is InChI=1S/C15H24O4/c1-7-6-9-8(2)14(17)19-13(9)12-11(7)10(16)4-5-15(12,3)18/h7-13,16,18H,4-6H2,1-3H3. The van der Waals surface area contributed by atoms with E-state index in [2.05, 4.69) is 6.92 Å². The molecule has 0 aromatic carbocycles. The lowest BCUT2D eigenvalue weighted by molar-refractivity contribution is -0.189. The third kappa shape index (κ3) is 1.83. The molecule has 8 unspecified atom stereocenters. The summed E-state index contributed by atoms with van der Waals surface area (Å²) in [6.07, 6.45) is 1.53. The van der Waals surface area contributed by atoms with Gasteiger partial charge in [-0.05, 0) is 38.0 Å². The number of carbonyl (C=O) groups excluding carboxylic acids is 1. The molecule has 2 N–H and O–H groups in total. The zero-order valence-corrected chi connectivity index (χ0v) is 11.9. The van der Waals surface area contributed by atoms with Crippen LogP contribution in [0.15, 0.2) is 0 Å². The number of fused-ring (bicyclic) bond motifs is 3. The molecule has 1 heterocycles. The predicted molar refractivity (Wildman–Crippen MR) is 69.2 cm³/mol. The first-order valence-electron chi connectivity index (χ1n) is 7.44. The number of aliphatic hydroxyl groups is 2. The third-order valence-corrected chi connectivity index (χ3v) is 5.87. The summed E-state index contributed by atoms with van der Waals surface area (Å²) >= 11 is 0. The summed E-state index contributed by atoms with van der Waals surface area (Å²) in [5.41, 5.74) is -0.841.